The molecule has 0 saturated carbocycles. The van der Waals surface area contributed by atoms with Crippen molar-refractivity contribution in [3.05, 3.63) is 95.6 Å². The third-order valence-corrected chi connectivity index (χ3v) is 4.96. The van der Waals surface area contributed by atoms with Crippen molar-refractivity contribution in [3.63, 3.8) is 0 Å². The van der Waals surface area contributed by atoms with Gasteiger partial charge in [-0.15, -0.1) is 0 Å². The molecule has 1 heterocycles. The van der Waals surface area contributed by atoms with Gasteiger partial charge in [-0.2, -0.15) is 0 Å². The molecule has 0 fully saturated rings. The van der Waals surface area contributed by atoms with Crippen molar-refractivity contribution in [1.82, 2.24) is 0 Å². The fourth-order valence-corrected chi connectivity index (χ4v) is 3.33. The maximum absolute atomic E-state index is 12.6. The van der Waals surface area contributed by atoms with Crippen LogP contribution in [0.4, 0.5) is 11.4 Å². The minimum atomic E-state index is -0.286. The summed E-state index contributed by atoms with van der Waals surface area (Å²) >= 11 is 0. The molecule has 134 valence electrons. The molecule has 0 bridgehead atoms. The number of fused-ring (bicyclic) bond motifs is 1. The Bertz CT molecular complexity index is 981. The van der Waals surface area contributed by atoms with Crippen molar-refractivity contribution in [2.24, 2.45) is 0 Å². The van der Waals surface area contributed by atoms with Crippen LogP contribution in [0.3, 0.4) is 0 Å². The van der Waals surface area contributed by atoms with Crippen LogP contribution in [0.2, 0.25) is 0 Å². The standard InChI is InChI=1S/C23H20N2O2/c1-16(22(26)24-19-8-3-2-4-9-19)17-11-13-20(14-12-17)25-15-18-7-5-6-10-21(18)23(25)27/h2-14,16H,15H2,1H3,(H,24,26). The van der Waals surface area contributed by atoms with Crippen LogP contribution in [0.5, 0.6) is 0 Å². The number of anilines is 2. The highest BCUT2D eigenvalue weighted by atomic mass is 16.2. The van der Waals surface area contributed by atoms with Crippen molar-refractivity contribution in [2.45, 2.75) is 19.4 Å². The highest BCUT2D eigenvalue weighted by Gasteiger charge is 2.28. The van der Waals surface area contributed by atoms with Gasteiger partial charge < -0.3 is 10.2 Å². The van der Waals surface area contributed by atoms with Crippen molar-refractivity contribution >= 4 is 23.2 Å². The number of rotatable bonds is 4. The normalized spacial score (nSPS) is 14.0. The van der Waals surface area contributed by atoms with Crippen molar-refractivity contribution in [1.29, 1.82) is 0 Å². The molecule has 0 aromatic heterocycles. The first kappa shape index (κ1) is 17.0. The van der Waals surface area contributed by atoms with Gasteiger partial charge in [0, 0.05) is 16.9 Å². The molecule has 0 spiro atoms. The number of carbonyl (C=O) groups excluding carboxylic acids is 2. The lowest BCUT2D eigenvalue weighted by Gasteiger charge is -2.18. The summed E-state index contributed by atoms with van der Waals surface area (Å²) in [5.74, 6) is -0.322. The number of hydrogen-bond donors (Lipinski definition) is 1. The number of amides is 2. The van der Waals surface area contributed by atoms with Gasteiger partial charge in [-0.1, -0.05) is 48.5 Å². The van der Waals surface area contributed by atoms with Gasteiger partial charge in [0.2, 0.25) is 5.91 Å². The Balaban J connectivity index is 1.48. The van der Waals surface area contributed by atoms with E-state index in [2.05, 4.69) is 5.32 Å². The lowest BCUT2D eigenvalue weighted by atomic mass is 9.99. The summed E-state index contributed by atoms with van der Waals surface area (Å²) in [4.78, 5) is 26.8. The molecule has 1 aliphatic heterocycles. The van der Waals surface area contributed by atoms with Crippen molar-refractivity contribution in [3.8, 4) is 0 Å². The van der Waals surface area contributed by atoms with Crippen molar-refractivity contribution in [2.75, 3.05) is 10.2 Å². The topological polar surface area (TPSA) is 49.4 Å². The highest BCUT2D eigenvalue weighted by Crippen LogP contribution is 2.29. The second kappa shape index (κ2) is 7.08. The zero-order valence-electron chi connectivity index (χ0n) is 15.1. The molecule has 1 atom stereocenters. The molecule has 0 radical (unpaired) electrons. The van der Waals surface area contributed by atoms with Crippen LogP contribution in [-0.2, 0) is 11.3 Å². The van der Waals surface area contributed by atoms with E-state index in [-0.39, 0.29) is 17.7 Å². The highest BCUT2D eigenvalue weighted by molar-refractivity contribution is 6.10. The summed E-state index contributed by atoms with van der Waals surface area (Å²) in [5.41, 5.74) is 4.35. The molecule has 27 heavy (non-hydrogen) atoms. The van der Waals surface area contributed by atoms with Crippen LogP contribution in [0.25, 0.3) is 0 Å². The average Bonchev–Trinajstić information content (AvgIpc) is 3.05. The van der Waals surface area contributed by atoms with E-state index >= 15 is 0 Å². The van der Waals surface area contributed by atoms with E-state index in [1.165, 1.54) is 0 Å². The maximum Gasteiger partial charge on any atom is 0.258 e. The third-order valence-electron chi connectivity index (χ3n) is 4.96. The van der Waals surface area contributed by atoms with E-state index in [9.17, 15) is 9.59 Å². The third kappa shape index (κ3) is 3.34. The van der Waals surface area contributed by atoms with Crippen LogP contribution in [0.1, 0.15) is 34.3 Å². The van der Waals surface area contributed by atoms with E-state index in [0.29, 0.717) is 6.54 Å². The fourth-order valence-electron chi connectivity index (χ4n) is 3.33. The van der Waals surface area contributed by atoms with Gasteiger partial charge in [-0.3, -0.25) is 9.59 Å². The molecule has 4 heteroatoms. The largest absolute Gasteiger partial charge is 0.326 e. The first-order valence-corrected chi connectivity index (χ1v) is 8.99. The second-order valence-corrected chi connectivity index (χ2v) is 6.72. The average molecular weight is 356 g/mol. The quantitative estimate of drug-likeness (QED) is 0.743. The molecule has 0 saturated heterocycles. The Hall–Kier alpha value is -3.40. The van der Waals surface area contributed by atoms with E-state index < -0.39 is 0 Å². The Morgan fingerprint density at radius 2 is 1.59 bits per heavy atom. The molecule has 1 aliphatic rings. The molecular formula is C23H20N2O2. The molecule has 1 unspecified atom stereocenters. The summed E-state index contributed by atoms with van der Waals surface area (Å²) in [7, 11) is 0. The first-order chi connectivity index (χ1) is 13.1. The van der Waals surface area contributed by atoms with Crippen LogP contribution in [0, 0.1) is 0 Å². The molecule has 4 nitrogen and oxygen atoms in total. The van der Waals surface area contributed by atoms with Gasteiger partial charge in [0.25, 0.3) is 5.91 Å². The van der Waals surface area contributed by atoms with Crippen LogP contribution in [0.15, 0.2) is 78.9 Å². The van der Waals surface area contributed by atoms with Crippen LogP contribution >= 0.6 is 0 Å². The summed E-state index contributed by atoms with van der Waals surface area (Å²) in [6.45, 7) is 2.46. The van der Waals surface area contributed by atoms with E-state index in [1.54, 1.807) is 4.90 Å². The SMILES string of the molecule is CC(C(=O)Nc1ccccc1)c1ccc(N2Cc3ccccc3C2=O)cc1. The van der Waals surface area contributed by atoms with Crippen LogP contribution < -0.4 is 10.2 Å². The van der Waals surface area contributed by atoms with Crippen molar-refractivity contribution < 1.29 is 9.59 Å². The lowest BCUT2D eigenvalue weighted by molar-refractivity contribution is -0.117. The number of carbonyl (C=O) groups is 2. The molecule has 3 aromatic carbocycles. The van der Waals surface area contributed by atoms with Gasteiger partial charge in [0.05, 0.1) is 12.5 Å². The van der Waals surface area contributed by atoms with E-state index in [0.717, 1.165) is 28.1 Å². The summed E-state index contributed by atoms with van der Waals surface area (Å²) in [6.07, 6.45) is 0. The predicted octanol–water partition coefficient (Wildman–Crippen LogP) is 4.59. The van der Waals surface area contributed by atoms with Crippen LogP contribution in [-0.4, -0.2) is 11.8 Å². The van der Waals surface area contributed by atoms with Gasteiger partial charge in [0.1, 0.15) is 0 Å². The molecule has 3 aromatic rings. The molecular weight excluding hydrogens is 336 g/mol. The minimum absolute atomic E-state index is 0.0215. The predicted molar refractivity (Wildman–Crippen MR) is 107 cm³/mol. The molecule has 0 aliphatic carbocycles. The Kier molecular flexibility index (Phi) is 4.47. The number of nitrogens with one attached hydrogen (secondary N) is 1. The number of benzene rings is 3. The summed E-state index contributed by atoms with van der Waals surface area (Å²) in [6, 6.07) is 24.8. The Labute approximate surface area is 158 Å². The van der Waals surface area contributed by atoms with Gasteiger partial charge in [-0.25, -0.2) is 0 Å². The number of para-hydroxylation sites is 1. The number of hydrogen-bond acceptors (Lipinski definition) is 2. The Morgan fingerprint density at radius 1 is 0.926 bits per heavy atom. The smallest absolute Gasteiger partial charge is 0.258 e. The van der Waals surface area contributed by atoms with Gasteiger partial charge in [-0.05, 0) is 48.4 Å². The minimum Gasteiger partial charge on any atom is -0.326 e. The van der Waals surface area contributed by atoms with E-state index in [1.807, 2.05) is 85.8 Å². The van der Waals surface area contributed by atoms with Gasteiger partial charge in [0.15, 0.2) is 0 Å². The molecule has 2 amide bonds. The monoisotopic (exact) mass is 356 g/mol. The van der Waals surface area contributed by atoms with E-state index in [4.69, 9.17) is 0 Å². The zero-order chi connectivity index (χ0) is 18.8. The summed E-state index contributed by atoms with van der Waals surface area (Å²) in [5, 5.41) is 2.93. The number of nitrogens with zero attached hydrogens (tertiary/aromatic N) is 1. The fraction of sp³-hybridized carbons (Fsp3) is 0.130. The Morgan fingerprint density at radius 3 is 2.30 bits per heavy atom. The first-order valence-electron chi connectivity index (χ1n) is 8.99. The molecule has 4 rings (SSSR count). The molecule has 1 N–H and O–H groups in total. The summed E-state index contributed by atoms with van der Waals surface area (Å²) < 4.78 is 0. The van der Waals surface area contributed by atoms with Gasteiger partial charge >= 0.3 is 0 Å². The zero-order valence-corrected chi connectivity index (χ0v) is 15.1. The second-order valence-electron chi connectivity index (χ2n) is 6.72. The lowest BCUT2D eigenvalue weighted by Crippen LogP contribution is -2.23. The maximum atomic E-state index is 12.6.